The number of rotatable bonds is 10. The van der Waals surface area contributed by atoms with Crippen LogP contribution in [0.4, 0.5) is 5.69 Å². The van der Waals surface area contributed by atoms with Crippen molar-refractivity contribution in [1.29, 1.82) is 0 Å². The van der Waals surface area contributed by atoms with Crippen LogP contribution in [0.15, 0.2) is 109 Å². The van der Waals surface area contributed by atoms with E-state index in [0.29, 0.717) is 33.5 Å². The van der Waals surface area contributed by atoms with E-state index >= 15 is 0 Å². The van der Waals surface area contributed by atoms with Gasteiger partial charge in [0.25, 0.3) is 0 Å². The third-order valence-corrected chi connectivity index (χ3v) is 9.78. The first-order chi connectivity index (χ1) is 22.1. The van der Waals surface area contributed by atoms with E-state index in [-0.39, 0.29) is 0 Å². The second-order valence-electron chi connectivity index (χ2n) is 11.8. The summed E-state index contributed by atoms with van der Waals surface area (Å²) in [6.45, 7) is 4.52. The Hall–Kier alpha value is -4.24. The molecule has 1 aliphatic heterocycles. The zero-order valence-electron chi connectivity index (χ0n) is 25.5. The van der Waals surface area contributed by atoms with E-state index in [9.17, 15) is 13.5 Å². The van der Waals surface area contributed by atoms with Crippen LogP contribution >= 0.6 is 23.2 Å². The Kier molecular flexibility index (Phi) is 9.13. The Morgan fingerprint density at radius 3 is 2.17 bits per heavy atom. The summed E-state index contributed by atoms with van der Waals surface area (Å²) in [5.41, 5.74) is 7.16. The molecule has 236 valence electrons. The molecule has 4 aromatic carbocycles. The highest BCUT2D eigenvalue weighted by molar-refractivity contribution is 7.91. The van der Waals surface area contributed by atoms with Gasteiger partial charge in [0, 0.05) is 28.9 Å². The summed E-state index contributed by atoms with van der Waals surface area (Å²) >= 11 is 12.7. The van der Waals surface area contributed by atoms with Crippen molar-refractivity contribution >= 4 is 39.1 Å². The van der Waals surface area contributed by atoms with E-state index in [4.69, 9.17) is 28.2 Å². The molecule has 6 rings (SSSR count). The third kappa shape index (κ3) is 7.09. The molecule has 0 radical (unpaired) electrons. The maximum Gasteiger partial charge on any atom is 0.330 e. The van der Waals surface area contributed by atoms with Crippen molar-refractivity contribution in [2.24, 2.45) is 5.92 Å². The van der Waals surface area contributed by atoms with Gasteiger partial charge in [-0.2, -0.15) is 8.42 Å². The minimum absolute atomic E-state index is 0.357. The predicted molar refractivity (Wildman–Crippen MR) is 187 cm³/mol. The molecule has 2 heterocycles. The average molecular weight is 674 g/mol. The van der Waals surface area contributed by atoms with E-state index < -0.39 is 16.1 Å². The maximum atomic E-state index is 12.6. The van der Waals surface area contributed by atoms with Crippen molar-refractivity contribution in [3.63, 3.8) is 0 Å². The molecule has 0 unspecified atom stereocenters. The molecule has 10 heteroatoms. The van der Waals surface area contributed by atoms with Gasteiger partial charge in [0.1, 0.15) is 5.82 Å². The van der Waals surface area contributed by atoms with Crippen LogP contribution in [0, 0.1) is 5.92 Å². The lowest BCUT2D eigenvalue weighted by molar-refractivity contribution is 0.392. The Labute approximate surface area is 279 Å². The molecule has 0 bridgehead atoms. The molecule has 7 nitrogen and oxygen atoms in total. The molecule has 1 aromatic heterocycles. The largest absolute Gasteiger partial charge is 0.493 e. The number of halogens is 2. The zero-order valence-corrected chi connectivity index (χ0v) is 27.8. The smallest absolute Gasteiger partial charge is 0.330 e. The number of benzene rings is 4. The number of aromatic nitrogens is 2. The van der Waals surface area contributed by atoms with E-state index in [0.717, 1.165) is 45.4 Å². The number of hydrogen-bond donors (Lipinski definition) is 2. The van der Waals surface area contributed by atoms with Gasteiger partial charge in [0.05, 0.1) is 22.6 Å². The quantitative estimate of drug-likeness (QED) is 0.155. The number of aliphatic hydroxyl groups is 1. The van der Waals surface area contributed by atoms with E-state index in [1.54, 1.807) is 30.3 Å². The second-order valence-corrected chi connectivity index (χ2v) is 14.2. The monoisotopic (exact) mass is 672 g/mol. The van der Waals surface area contributed by atoms with Gasteiger partial charge in [0.15, 0.2) is 0 Å². The number of nitrogens with one attached hydrogen (secondary N) is 1. The van der Waals surface area contributed by atoms with E-state index in [1.807, 2.05) is 22.9 Å². The maximum absolute atomic E-state index is 12.6. The molecular weight excluding hydrogens is 639 g/mol. The van der Waals surface area contributed by atoms with Crippen LogP contribution in [0.25, 0.3) is 28.1 Å². The second kappa shape index (κ2) is 13.2. The fraction of sp³-hybridized carbons (Fsp3) is 0.194. The van der Waals surface area contributed by atoms with Gasteiger partial charge in [-0.05, 0) is 77.4 Å². The molecule has 0 saturated carbocycles. The Balaban J connectivity index is 1.30. The van der Waals surface area contributed by atoms with Crippen LogP contribution in [0.5, 0.6) is 0 Å². The zero-order chi connectivity index (χ0) is 32.4. The average Bonchev–Trinajstić information content (AvgIpc) is 3.56. The number of nitrogens with zero attached hydrogens (tertiary/aromatic N) is 3. The van der Waals surface area contributed by atoms with Crippen molar-refractivity contribution in [1.82, 2.24) is 14.3 Å². The van der Waals surface area contributed by atoms with Crippen LogP contribution in [0.2, 0.25) is 10.0 Å². The molecule has 46 heavy (non-hydrogen) atoms. The van der Waals surface area contributed by atoms with Crippen molar-refractivity contribution in [3.8, 4) is 28.1 Å². The van der Waals surface area contributed by atoms with Crippen molar-refractivity contribution < 1.29 is 13.5 Å². The molecule has 0 spiro atoms. The first kappa shape index (κ1) is 31.7. The predicted octanol–water partition coefficient (Wildman–Crippen LogP) is 9.09. The van der Waals surface area contributed by atoms with Crippen LogP contribution in [-0.2, 0) is 23.1 Å². The van der Waals surface area contributed by atoms with Gasteiger partial charge in [-0.3, -0.25) is 0 Å². The first-order valence-corrected chi connectivity index (χ1v) is 17.3. The summed E-state index contributed by atoms with van der Waals surface area (Å²) in [7, 11) is -3.95. The van der Waals surface area contributed by atoms with Gasteiger partial charge < -0.3 is 9.67 Å². The minimum Gasteiger partial charge on any atom is -0.493 e. The van der Waals surface area contributed by atoms with Gasteiger partial charge in [-0.25, -0.2) is 14.0 Å². The standard InChI is InChI=1S/C36H34Cl2N4O3S/c1-24(2)5-3-6-25-9-13-27(14-10-25)28-15-11-26(12-16-28)19-35-39-34(32-18-17-29(37)20-33(32)38)22-41(35)30-7-4-8-31(21-30)42-23-36(43)40-46(42,44)45/h4,7-18,20-24,40,43H,3,5-6,19H2,1-2H3. The van der Waals surface area contributed by atoms with Crippen molar-refractivity contribution in [2.75, 3.05) is 4.31 Å². The number of anilines is 1. The fourth-order valence-corrected chi connectivity index (χ4v) is 7.10. The Morgan fingerprint density at radius 2 is 1.54 bits per heavy atom. The highest BCUT2D eigenvalue weighted by atomic mass is 35.5. The molecule has 0 fully saturated rings. The number of hydrogen-bond acceptors (Lipinski definition) is 4. The lowest BCUT2D eigenvalue weighted by Gasteiger charge is -2.16. The highest BCUT2D eigenvalue weighted by Crippen LogP contribution is 2.33. The number of imidazole rings is 1. The Bertz CT molecular complexity index is 2000. The summed E-state index contributed by atoms with van der Waals surface area (Å²) in [5, 5.41) is 10.8. The van der Waals surface area contributed by atoms with E-state index in [2.05, 4.69) is 67.1 Å². The summed E-state index contributed by atoms with van der Waals surface area (Å²) in [5.74, 6) is 1.01. The molecule has 0 saturated heterocycles. The van der Waals surface area contributed by atoms with Gasteiger partial charge in [-0.15, -0.1) is 0 Å². The molecule has 0 atom stereocenters. The summed E-state index contributed by atoms with van der Waals surface area (Å²) in [6, 6.07) is 29.6. The van der Waals surface area contributed by atoms with Crippen molar-refractivity contribution in [3.05, 3.63) is 136 Å². The number of aryl methyl sites for hydroxylation is 1. The molecule has 1 aliphatic rings. The first-order valence-electron chi connectivity index (χ1n) is 15.1. The van der Waals surface area contributed by atoms with Gasteiger partial charge in [0.2, 0.25) is 5.88 Å². The van der Waals surface area contributed by atoms with Gasteiger partial charge in [-0.1, -0.05) is 98.1 Å². The topological polar surface area (TPSA) is 87.5 Å². The lowest BCUT2D eigenvalue weighted by atomic mass is 9.99. The van der Waals surface area contributed by atoms with Crippen LogP contribution in [-0.4, -0.2) is 23.1 Å². The number of aliphatic hydroxyl groups excluding tert-OH is 1. The highest BCUT2D eigenvalue weighted by Gasteiger charge is 2.29. The fourth-order valence-electron chi connectivity index (χ4n) is 5.55. The summed E-state index contributed by atoms with van der Waals surface area (Å²) in [4.78, 5) is 4.98. The summed E-state index contributed by atoms with van der Waals surface area (Å²) in [6.07, 6.45) is 7.05. The molecule has 0 aliphatic carbocycles. The lowest BCUT2D eigenvalue weighted by Crippen LogP contribution is -2.29. The minimum atomic E-state index is -3.95. The molecule has 5 aromatic rings. The normalized spacial score (nSPS) is 14.0. The summed E-state index contributed by atoms with van der Waals surface area (Å²) < 4.78 is 30.1. The molecular formula is C36H34Cl2N4O3S. The van der Waals surface area contributed by atoms with Crippen LogP contribution in [0.3, 0.4) is 0 Å². The van der Waals surface area contributed by atoms with Crippen molar-refractivity contribution in [2.45, 2.75) is 39.5 Å². The Morgan fingerprint density at radius 1 is 0.870 bits per heavy atom. The third-order valence-electron chi connectivity index (χ3n) is 7.93. The molecule has 2 N–H and O–H groups in total. The van der Waals surface area contributed by atoms with Crippen LogP contribution in [0.1, 0.15) is 43.6 Å². The molecule has 0 amide bonds. The van der Waals surface area contributed by atoms with E-state index in [1.165, 1.54) is 24.0 Å². The van der Waals surface area contributed by atoms with Gasteiger partial charge >= 0.3 is 10.2 Å². The van der Waals surface area contributed by atoms with Crippen LogP contribution < -0.4 is 9.03 Å². The SMILES string of the molecule is CC(C)CCCc1ccc(-c2ccc(Cc3nc(-c4ccc(Cl)cc4Cl)cn3-c3cccc(N4C=C(O)NS4(=O)=O)c3)cc2)cc1.